The summed E-state index contributed by atoms with van der Waals surface area (Å²) in [5.74, 6) is 0.559. The molecule has 3 heterocycles. The number of amides is 2. The maximum atomic E-state index is 12.7. The molecule has 2 aromatic rings. The number of hydrogen-bond donors (Lipinski definition) is 1. The summed E-state index contributed by atoms with van der Waals surface area (Å²) in [7, 11) is 0. The van der Waals surface area contributed by atoms with E-state index in [1.54, 1.807) is 23.0 Å². The molecule has 7 nitrogen and oxygen atoms in total. The van der Waals surface area contributed by atoms with Crippen LogP contribution in [0.2, 0.25) is 0 Å². The Hall–Kier alpha value is -2.48. The van der Waals surface area contributed by atoms with Gasteiger partial charge in [0.2, 0.25) is 11.8 Å². The summed E-state index contributed by atoms with van der Waals surface area (Å²) in [6, 6.07) is 1.80. The zero-order valence-corrected chi connectivity index (χ0v) is 15.5. The standard InChI is InChI=1S/C18H22N4O3S/c1-12(23)15-7-13(11-26-15)8-17(25)21-5-2-3-14(9-21)18-20-4-6-22(18)10-16(19)24/h4,6-7,11,14H,2-3,5,8-10H2,1H3,(H2,19,24)/t14-/m0/s1. The molecule has 0 saturated carbocycles. The van der Waals surface area contributed by atoms with Gasteiger partial charge >= 0.3 is 0 Å². The number of primary amides is 1. The minimum atomic E-state index is -0.410. The maximum absolute atomic E-state index is 12.7. The molecule has 0 bridgehead atoms. The average molecular weight is 374 g/mol. The van der Waals surface area contributed by atoms with E-state index in [-0.39, 0.29) is 24.2 Å². The summed E-state index contributed by atoms with van der Waals surface area (Å²) >= 11 is 1.38. The number of thiophene rings is 1. The number of hydrogen-bond acceptors (Lipinski definition) is 5. The van der Waals surface area contributed by atoms with Crippen molar-refractivity contribution in [1.82, 2.24) is 14.5 Å². The topological polar surface area (TPSA) is 98.3 Å². The van der Waals surface area contributed by atoms with Crippen molar-refractivity contribution in [3.05, 3.63) is 40.1 Å². The molecule has 1 saturated heterocycles. The van der Waals surface area contributed by atoms with Gasteiger partial charge in [0.15, 0.2) is 5.78 Å². The SMILES string of the molecule is CC(=O)c1cc(CC(=O)N2CCC[C@H](c3nccn3CC(N)=O)C2)cs1. The van der Waals surface area contributed by atoms with Gasteiger partial charge in [-0.2, -0.15) is 0 Å². The number of piperidine rings is 1. The lowest BCUT2D eigenvalue weighted by molar-refractivity contribution is -0.131. The molecule has 1 atom stereocenters. The van der Waals surface area contributed by atoms with Crippen LogP contribution in [0, 0.1) is 0 Å². The molecular formula is C18H22N4O3S. The molecule has 2 amide bonds. The number of nitrogens with two attached hydrogens (primary N) is 1. The second-order valence-electron chi connectivity index (χ2n) is 6.61. The Bertz CT molecular complexity index is 826. The molecule has 0 radical (unpaired) electrons. The molecule has 1 fully saturated rings. The van der Waals surface area contributed by atoms with Gasteiger partial charge in [0.1, 0.15) is 12.4 Å². The van der Waals surface area contributed by atoms with E-state index in [9.17, 15) is 14.4 Å². The van der Waals surface area contributed by atoms with Crippen molar-refractivity contribution in [3.63, 3.8) is 0 Å². The van der Waals surface area contributed by atoms with E-state index in [1.165, 1.54) is 18.3 Å². The summed E-state index contributed by atoms with van der Waals surface area (Å²) in [6.45, 7) is 2.93. The first-order chi connectivity index (χ1) is 12.4. The van der Waals surface area contributed by atoms with Gasteiger partial charge in [-0.15, -0.1) is 11.3 Å². The van der Waals surface area contributed by atoms with Crippen molar-refractivity contribution < 1.29 is 14.4 Å². The molecule has 26 heavy (non-hydrogen) atoms. The summed E-state index contributed by atoms with van der Waals surface area (Å²) in [5.41, 5.74) is 6.17. The van der Waals surface area contributed by atoms with Gasteiger partial charge in [-0.05, 0) is 36.8 Å². The quantitative estimate of drug-likeness (QED) is 0.776. The van der Waals surface area contributed by atoms with Gasteiger partial charge in [0, 0.05) is 31.4 Å². The van der Waals surface area contributed by atoms with Crippen molar-refractivity contribution in [2.75, 3.05) is 13.1 Å². The van der Waals surface area contributed by atoms with E-state index < -0.39 is 5.91 Å². The molecule has 0 unspecified atom stereocenters. The van der Waals surface area contributed by atoms with Crippen LogP contribution in [0.1, 0.15) is 46.7 Å². The molecule has 3 rings (SSSR count). The van der Waals surface area contributed by atoms with Crippen LogP contribution in [-0.4, -0.2) is 45.1 Å². The molecule has 1 aliphatic rings. The van der Waals surface area contributed by atoms with Gasteiger partial charge in [-0.1, -0.05) is 0 Å². The average Bonchev–Trinajstić information content (AvgIpc) is 3.24. The fourth-order valence-electron chi connectivity index (χ4n) is 3.34. The van der Waals surface area contributed by atoms with Crippen LogP contribution in [0.15, 0.2) is 23.8 Å². The van der Waals surface area contributed by atoms with Crippen LogP contribution >= 0.6 is 11.3 Å². The summed E-state index contributed by atoms with van der Waals surface area (Å²) in [5, 5.41) is 1.87. The van der Waals surface area contributed by atoms with E-state index in [2.05, 4.69) is 4.98 Å². The summed E-state index contributed by atoms with van der Waals surface area (Å²) in [6.07, 6.45) is 5.52. The van der Waals surface area contributed by atoms with Crippen LogP contribution in [0.4, 0.5) is 0 Å². The van der Waals surface area contributed by atoms with Crippen LogP contribution in [-0.2, 0) is 22.6 Å². The third-order valence-electron chi connectivity index (χ3n) is 4.57. The predicted molar refractivity (Wildman–Crippen MR) is 98.0 cm³/mol. The Balaban J connectivity index is 1.66. The monoisotopic (exact) mass is 374 g/mol. The number of nitrogens with zero attached hydrogens (tertiary/aromatic N) is 3. The van der Waals surface area contributed by atoms with Crippen molar-refractivity contribution in [2.45, 2.75) is 38.6 Å². The molecular weight excluding hydrogens is 352 g/mol. The van der Waals surface area contributed by atoms with E-state index in [0.717, 1.165) is 30.8 Å². The zero-order chi connectivity index (χ0) is 18.7. The Morgan fingerprint density at radius 3 is 2.88 bits per heavy atom. The lowest BCUT2D eigenvalue weighted by Crippen LogP contribution is -2.40. The van der Waals surface area contributed by atoms with Gasteiger partial charge in [0.05, 0.1) is 11.3 Å². The number of aromatic nitrogens is 2. The predicted octanol–water partition coefficient (Wildman–Crippen LogP) is 1.58. The molecule has 0 spiro atoms. The highest BCUT2D eigenvalue weighted by atomic mass is 32.1. The molecule has 1 aliphatic heterocycles. The third-order valence-corrected chi connectivity index (χ3v) is 5.65. The van der Waals surface area contributed by atoms with Crippen molar-refractivity contribution in [1.29, 1.82) is 0 Å². The highest BCUT2D eigenvalue weighted by molar-refractivity contribution is 7.12. The van der Waals surface area contributed by atoms with E-state index in [4.69, 9.17) is 5.73 Å². The van der Waals surface area contributed by atoms with Crippen LogP contribution in [0.3, 0.4) is 0 Å². The number of Topliss-reactive ketones (excluding diaryl/α,β-unsaturated/α-hetero) is 1. The van der Waals surface area contributed by atoms with Crippen LogP contribution < -0.4 is 5.73 Å². The van der Waals surface area contributed by atoms with Gasteiger partial charge < -0.3 is 15.2 Å². The second kappa shape index (κ2) is 7.82. The summed E-state index contributed by atoms with van der Waals surface area (Å²) in [4.78, 5) is 42.2. The zero-order valence-electron chi connectivity index (χ0n) is 14.7. The normalized spacial score (nSPS) is 17.3. The first kappa shape index (κ1) is 18.3. The Morgan fingerprint density at radius 2 is 2.19 bits per heavy atom. The Morgan fingerprint density at radius 1 is 1.38 bits per heavy atom. The number of imidazole rings is 1. The fourth-order valence-corrected chi connectivity index (χ4v) is 4.15. The largest absolute Gasteiger partial charge is 0.368 e. The van der Waals surface area contributed by atoms with Crippen molar-refractivity contribution >= 4 is 28.9 Å². The minimum absolute atomic E-state index is 0.0213. The lowest BCUT2D eigenvalue weighted by Gasteiger charge is -2.32. The molecule has 2 aromatic heterocycles. The van der Waals surface area contributed by atoms with Crippen molar-refractivity contribution in [2.24, 2.45) is 5.73 Å². The van der Waals surface area contributed by atoms with Gasteiger partial charge in [-0.3, -0.25) is 14.4 Å². The lowest BCUT2D eigenvalue weighted by atomic mass is 9.96. The highest BCUT2D eigenvalue weighted by Gasteiger charge is 2.27. The van der Waals surface area contributed by atoms with Crippen molar-refractivity contribution in [3.8, 4) is 0 Å². The van der Waals surface area contributed by atoms with E-state index in [1.807, 2.05) is 10.3 Å². The smallest absolute Gasteiger partial charge is 0.237 e. The van der Waals surface area contributed by atoms with Gasteiger partial charge in [0.25, 0.3) is 0 Å². The maximum Gasteiger partial charge on any atom is 0.237 e. The first-order valence-corrected chi connectivity index (χ1v) is 9.47. The number of rotatable bonds is 6. The molecule has 2 N–H and O–H groups in total. The third kappa shape index (κ3) is 4.19. The number of likely N-dealkylation sites (tertiary alicyclic amines) is 1. The molecule has 8 heteroatoms. The first-order valence-electron chi connectivity index (χ1n) is 8.59. The van der Waals surface area contributed by atoms with Crippen LogP contribution in [0.5, 0.6) is 0 Å². The summed E-state index contributed by atoms with van der Waals surface area (Å²) < 4.78 is 1.76. The highest BCUT2D eigenvalue weighted by Crippen LogP contribution is 2.26. The molecule has 0 aromatic carbocycles. The number of ketones is 1. The molecule has 0 aliphatic carbocycles. The van der Waals surface area contributed by atoms with E-state index in [0.29, 0.717) is 17.8 Å². The van der Waals surface area contributed by atoms with Gasteiger partial charge in [-0.25, -0.2) is 4.98 Å². The number of carbonyl (C=O) groups is 3. The van der Waals surface area contributed by atoms with Crippen LogP contribution in [0.25, 0.3) is 0 Å². The minimum Gasteiger partial charge on any atom is -0.368 e. The number of carbonyl (C=O) groups excluding carboxylic acids is 3. The molecule has 138 valence electrons. The second-order valence-corrected chi connectivity index (χ2v) is 7.52. The fraction of sp³-hybridized carbons (Fsp3) is 0.444. The Labute approximate surface area is 155 Å². The Kier molecular flexibility index (Phi) is 5.51. The van der Waals surface area contributed by atoms with E-state index >= 15 is 0 Å².